The molecule has 0 aromatic heterocycles. The topological polar surface area (TPSA) is 53.7 Å². The molecule has 1 aromatic carbocycles. The highest BCUT2D eigenvalue weighted by Gasteiger charge is 2.14. The molecule has 1 atom stereocenters. The Morgan fingerprint density at radius 2 is 2.00 bits per heavy atom. The van der Waals surface area contributed by atoms with Crippen molar-refractivity contribution in [3.05, 3.63) is 23.8 Å². The first-order chi connectivity index (χ1) is 8.79. The number of hydrogen-bond acceptors (Lipinski definition) is 4. The molecule has 0 spiro atoms. The quantitative estimate of drug-likeness (QED) is 0.808. The van der Waals surface area contributed by atoms with Gasteiger partial charge in [0.05, 0.1) is 26.4 Å². The van der Waals surface area contributed by atoms with E-state index >= 15 is 0 Å². The predicted octanol–water partition coefficient (Wildman–Crippen LogP) is 1.61. The number of benzene rings is 1. The first-order valence-electron chi connectivity index (χ1n) is 6.46. The highest BCUT2D eigenvalue weighted by Crippen LogP contribution is 2.31. The predicted molar refractivity (Wildman–Crippen MR) is 70.2 cm³/mol. The van der Waals surface area contributed by atoms with Gasteiger partial charge in [-0.1, -0.05) is 13.0 Å². The van der Waals surface area contributed by atoms with Crippen LogP contribution in [0.1, 0.15) is 12.5 Å². The van der Waals surface area contributed by atoms with E-state index in [1.807, 2.05) is 12.1 Å². The highest BCUT2D eigenvalue weighted by molar-refractivity contribution is 5.43. The minimum absolute atomic E-state index is 0.425. The number of hydrogen-bond donors (Lipinski definition) is 1. The van der Waals surface area contributed by atoms with Crippen LogP contribution in [0, 0.1) is 5.92 Å². The fraction of sp³-hybridized carbons (Fsp3) is 0.571. The average Bonchev–Trinajstić information content (AvgIpc) is 2.57. The van der Waals surface area contributed by atoms with E-state index in [0.29, 0.717) is 38.9 Å². The van der Waals surface area contributed by atoms with Gasteiger partial charge in [-0.25, -0.2) is 0 Å². The van der Waals surface area contributed by atoms with Gasteiger partial charge in [0.25, 0.3) is 0 Å². The minimum atomic E-state index is 0.425. The van der Waals surface area contributed by atoms with E-state index in [0.717, 1.165) is 17.9 Å². The van der Waals surface area contributed by atoms with Crippen LogP contribution in [0.15, 0.2) is 18.2 Å². The van der Waals surface area contributed by atoms with Crippen molar-refractivity contribution >= 4 is 0 Å². The first kappa shape index (κ1) is 13.2. The number of rotatable bonds is 5. The summed E-state index contributed by atoms with van der Waals surface area (Å²) >= 11 is 0. The second-order valence-corrected chi connectivity index (χ2v) is 4.66. The molecule has 1 aliphatic rings. The highest BCUT2D eigenvalue weighted by atomic mass is 16.5. The lowest BCUT2D eigenvalue weighted by atomic mass is 10.1. The van der Waals surface area contributed by atoms with Crippen LogP contribution in [-0.2, 0) is 11.2 Å². The zero-order valence-electron chi connectivity index (χ0n) is 10.9. The van der Waals surface area contributed by atoms with Crippen LogP contribution in [0.2, 0.25) is 0 Å². The van der Waals surface area contributed by atoms with Crippen LogP contribution in [0.3, 0.4) is 0 Å². The van der Waals surface area contributed by atoms with E-state index in [-0.39, 0.29) is 0 Å². The molecule has 0 aliphatic carbocycles. The van der Waals surface area contributed by atoms with Gasteiger partial charge in [-0.3, -0.25) is 0 Å². The first-order valence-corrected chi connectivity index (χ1v) is 6.46. The number of ether oxygens (including phenoxy) is 3. The standard InChI is InChI=1S/C14H21NO3/c1-11-9-17-13-3-2-12(4-6-16-7-5-15)8-14(13)18-10-11/h2-3,8,11H,4-7,9-10,15H2,1H3. The Labute approximate surface area is 108 Å². The molecular weight excluding hydrogens is 230 g/mol. The van der Waals surface area contributed by atoms with Crippen LogP contribution in [0.5, 0.6) is 11.5 Å². The third-order valence-corrected chi connectivity index (χ3v) is 2.85. The molecule has 1 aromatic rings. The molecule has 2 N–H and O–H groups in total. The van der Waals surface area contributed by atoms with Crippen molar-refractivity contribution in [2.75, 3.05) is 33.0 Å². The van der Waals surface area contributed by atoms with Crippen molar-refractivity contribution in [2.24, 2.45) is 11.7 Å². The zero-order valence-corrected chi connectivity index (χ0v) is 10.9. The maximum absolute atomic E-state index is 5.74. The minimum Gasteiger partial charge on any atom is -0.489 e. The van der Waals surface area contributed by atoms with Gasteiger partial charge in [-0.05, 0) is 24.1 Å². The summed E-state index contributed by atoms with van der Waals surface area (Å²) < 4.78 is 16.8. The zero-order chi connectivity index (χ0) is 12.8. The molecule has 1 heterocycles. The summed E-state index contributed by atoms with van der Waals surface area (Å²) in [4.78, 5) is 0. The van der Waals surface area contributed by atoms with Crippen molar-refractivity contribution < 1.29 is 14.2 Å². The maximum atomic E-state index is 5.74. The average molecular weight is 251 g/mol. The lowest BCUT2D eigenvalue weighted by Gasteiger charge is -2.09. The van der Waals surface area contributed by atoms with E-state index in [2.05, 4.69) is 13.0 Å². The smallest absolute Gasteiger partial charge is 0.161 e. The molecule has 4 heteroatoms. The molecule has 1 aliphatic heterocycles. The lowest BCUT2D eigenvalue weighted by molar-refractivity contribution is 0.144. The monoisotopic (exact) mass is 251 g/mol. The summed E-state index contributed by atoms with van der Waals surface area (Å²) in [7, 11) is 0. The maximum Gasteiger partial charge on any atom is 0.161 e. The van der Waals surface area contributed by atoms with Gasteiger partial charge in [-0.15, -0.1) is 0 Å². The van der Waals surface area contributed by atoms with E-state index in [9.17, 15) is 0 Å². The summed E-state index contributed by atoms with van der Waals surface area (Å²) in [6, 6.07) is 6.08. The molecule has 100 valence electrons. The van der Waals surface area contributed by atoms with Gasteiger partial charge in [0.15, 0.2) is 11.5 Å². The van der Waals surface area contributed by atoms with Crippen LogP contribution < -0.4 is 15.2 Å². The summed E-state index contributed by atoms with van der Waals surface area (Å²) in [6.07, 6.45) is 0.867. The Morgan fingerprint density at radius 3 is 2.78 bits per heavy atom. The van der Waals surface area contributed by atoms with Crippen LogP contribution in [0.4, 0.5) is 0 Å². The number of nitrogens with two attached hydrogens (primary N) is 1. The molecule has 0 amide bonds. The summed E-state index contributed by atoms with van der Waals surface area (Å²) in [5, 5.41) is 0. The van der Waals surface area contributed by atoms with Gasteiger partial charge in [0.1, 0.15) is 0 Å². The van der Waals surface area contributed by atoms with Crippen LogP contribution in [-0.4, -0.2) is 33.0 Å². The van der Waals surface area contributed by atoms with Crippen molar-refractivity contribution in [2.45, 2.75) is 13.3 Å². The molecule has 0 bridgehead atoms. The van der Waals surface area contributed by atoms with E-state index in [1.165, 1.54) is 5.56 Å². The van der Waals surface area contributed by atoms with Gasteiger partial charge in [0, 0.05) is 12.5 Å². The molecule has 0 saturated heterocycles. The molecule has 18 heavy (non-hydrogen) atoms. The van der Waals surface area contributed by atoms with Gasteiger partial charge >= 0.3 is 0 Å². The van der Waals surface area contributed by atoms with E-state index < -0.39 is 0 Å². The molecule has 0 radical (unpaired) electrons. The lowest BCUT2D eigenvalue weighted by Crippen LogP contribution is -2.12. The normalized spacial score (nSPS) is 18.4. The summed E-state index contributed by atoms with van der Waals surface area (Å²) in [5.41, 5.74) is 6.57. The van der Waals surface area contributed by atoms with Crippen molar-refractivity contribution in [1.29, 1.82) is 0 Å². The van der Waals surface area contributed by atoms with Crippen LogP contribution in [0.25, 0.3) is 0 Å². The fourth-order valence-corrected chi connectivity index (χ4v) is 1.83. The third-order valence-electron chi connectivity index (χ3n) is 2.85. The Bertz CT molecular complexity index is 381. The van der Waals surface area contributed by atoms with Crippen LogP contribution >= 0.6 is 0 Å². The molecular formula is C14H21NO3. The van der Waals surface area contributed by atoms with Crippen molar-refractivity contribution in [1.82, 2.24) is 0 Å². The van der Waals surface area contributed by atoms with Crippen molar-refractivity contribution in [3.63, 3.8) is 0 Å². The SMILES string of the molecule is CC1COc2ccc(CCOCCN)cc2OC1. The largest absolute Gasteiger partial charge is 0.489 e. The Hall–Kier alpha value is -1.26. The molecule has 0 fully saturated rings. The van der Waals surface area contributed by atoms with E-state index in [4.69, 9.17) is 19.9 Å². The molecule has 0 saturated carbocycles. The summed E-state index contributed by atoms with van der Waals surface area (Å²) in [6.45, 7) is 5.41. The van der Waals surface area contributed by atoms with Gasteiger partial charge in [-0.2, -0.15) is 0 Å². The second-order valence-electron chi connectivity index (χ2n) is 4.66. The third kappa shape index (κ3) is 3.62. The Balaban J connectivity index is 1.94. The van der Waals surface area contributed by atoms with Crippen molar-refractivity contribution in [3.8, 4) is 11.5 Å². The molecule has 1 unspecified atom stereocenters. The molecule has 2 rings (SSSR count). The molecule has 4 nitrogen and oxygen atoms in total. The second kappa shape index (κ2) is 6.61. The Morgan fingerprint density at radius 1 is 1.22 bits per heavy atom. The summed E-state index contributed by atoms with van der Waals surface area (Å²) in [5.74, 6) is 2.11. The fourth-order valence-electron chi connectivity index (χ4n) is 1.83. The Kier molecular flexibility index (Phi) is 4.84. The van der Waals surface area contributed by atoms with E-state index in [1.54, 1.807) is 0 Å². The van der Waals surface area contributed by atoms with Gasteiger partial charge < -0.3 is 19.9 Å². The number of fused-ring (bicyclic) bond motifs is 1. The van der Waals surface area contributed by atoms with Gasteiger partial charge in [0.2, 0.25) is 0 Å².